The first-order valence-electron chi connectivity index (χ1n) is 7.53. The largest absolute Gasteiger partial charge is 0.348 e. The molecule has 22 heavy (non-hydrogen) atoms. The summed E-state index contributed by atoms with van der Waals surface area (Å²) in [6.07, 6.45) is 4.42. The molecular formula is C17H24N4O. The molecule has 1 N–H and O–H groups in total. The second-order valence-electron chi connectivity index (χ2n) is 5.73. The van der Waals surface area contributed by atoms with E-state index < -0.39 is 0 Å². The predicted molar refractivity (Wildman–Crippen MR) is 87.5 cm³/mol. The fourth-order valence-corrected chi connectivity index (χ4v) is 2.36. The zero-order chi connectivity index (χ0) is 15.9. The number of carbonyl (C=O) groups excluding carboxylic acids is 1. The minimum atomic E-state index is 0.00806. The Kier molecular flexibility index (Phi) is 5.72. The van der Waals surface area contributed by atoms with Crippen LogP contribution in [0.1, 0.15) is 23.9 Å². The summed E-state index contributed by atoms with van der Waals surface area (Å²) < 4.78 is 1.85. The number of benzene rings is 1. The van der Waals surface area contributed by atoms with Gasteiger partial charge in [-0.2, -0.15) is 0 Å². The van der Waals surface area contributed by atoms with Crippen molar-refractivity contribution >= 4 is 5.91 Å². The molecule has 0 bridgehead atoms. The summed E-state index contributed by atoms with van der Waals surface area (Å²) in [7, 11) is 4.08. The summed E-state index contributed by atoms with van der Waals surface area (Å²) in [4.78, 5) is 18.6. The van der Waals surface area contributed by atoms with E-state index in [1.54, 1.807) is 6.20 Å². The van der Waals surface area contributed by atoms with E-state index in [2.05, 4.69) is 27.3 Å². The molecule has 2 rings (SSSR count). The van der Waals surface area contributed by atoms with Gasteiger partial charge in [-0.25, -0.2) is 4.98 Å². The Hall–Kier alpha value is -2.14. The van der Waals surface area contributed by atoms with Gasteiger partial charge >= 0.3 is 0 Å². The maximum absolute atomic E-state index is 12.3. The van der Waals surface area contributed by atoms with Gasteiger partial charge in [0, 0.05) is 12.4 Å². The van der Waals surface area contributed by atoms with E-state index in [0.29, 0.717) is 6.54 Å². The van der Waals surface area contributed by atoms with Crippen molar-refractivity contribution in [2.75, 3.05) is 20.6 Å². The first-order valence-corrected chi connectivity index (χ1v) is 7.53. The average Bonchev–Trinajstić information content (AvgIpc) is 2.89. The monoisotopic (exact) mass is 300 g/mol. The first kappa shape index (κ1) is 16.2. The quantitative estimate of drug-likeness (QED) is 0.851. The van der Waals surface area contributed by atoms with Crippen LogP contribution in [0, 0.1) is 6.92 Å². The van der Waals surface area contributed by atoms with Crippen LogP contribution in [0.15, 0.2) is 42.7 Å². The lowest BCUT2D eigenvalue weighted by Crippen LogP contribution is -2.33. The summed E-state index contributed by atoms with van der Waals surface area (Å²) in [6, 6.07) is 10.1. The molecule has 0 saturated carbocycles. The van der Waals surface area contributed by atoms with Crippen molar-refractivity contribution in [3.05, 3.63) is 54.1 Å². The third kappa shape index (κ3) is 4.70. The van der Waals surface area contributed by atoms with Crippen molar-refractivity contribution in [3.8, 4) is 0 Å². The minimum Gasteiger partial charge on any atom is -0.348 e. The summed E-state index contributed by atoms with van der Waals surface area (Å²) in [5.74, 6) is 0.855. The fourth-order valence-electron chi connectivity index (χ4n) is 2.36. The van der Waals surface area contributed by atoms with E-state index in [0.717, 1.165) is 24.4 Å². The molecular weight excluding hydrogens is 276 g/mol. The molecule has 1 unspecified atom stereocenters. The lowest BCUT2D eigenvalue weighted by atomic mass is 10.0. The maximum Gasteiger partial charge on any atom is 0.240 e. The highest BCUT2D eigenvalue weighted by Crippen LogP contribution is 2.16. The van der Waals surface area contributed by atoms with Gasteiger partial charge in [0.05, 0.1) is 6.04 Å². The third-order valence-electron chi connectivity index (χ3n) is 3.64. The van der Waals surface area contributed by atoms with Crippen LogP contribution in [-0.2, 0) is 11.3 Å². The summed E-state index contributed by atoms with van der Waals surface area (Å²) in [5.41, 5.74) is 1.14. The van der Waals surface area contributed by atoms with Crippen LogP contribution < -0.4 is 5.32 Å². The number of aromatic nitrogens is 2. The molecule has 0 aliphatic heterocycles. The fraction of sp³-hybridized carbons (Fsp3) is 0.412. The normalized spacial score (nSPS) is 12.4. The highest BCUT2D eigenvalue weighted by molar-refractivity contribution is 5.76. The van der Waals surface area contributed by atoms with Gasteiger partial charge in [0.25, 0.3) is 0 Å². The van der Waals surface area contributed by atoms with E-state index >= 15 is 0 Å². The Labute approximate surface area is 132 Å². The molecule has 0 saturated heterocycles. The molecule has 0 fully saturated rings. The third-order valence-corrected chi connectivity index (χ3v) is 3.64. The summed E-state index contributed by atoms with van der Waals surface area (Å²) >= 11 is 0. The zero-order valence-corrected chi connectivity index (χ0v) is 13.5. The Morgan fingerprint density at radius 2 is 2.05 bits per heavy atom. The van der Waals surface area contributed by atoms with Crippen molar-refractivity contribution in [1.29, 1.82) is 0 Å². The Bertz CT molecular complexity index is 592. The molecule has 0 spiro atoms. The number of imidazole rings is 1. The van der Waals surface area contributed by atoms with Crippen LogP contribution in [0.25, 0.3) is 0 Å². The smallest absolute Gasteiger partial charge is 0.240 e. The van der Waals surface area contributed by atoms with Gasteiger partial charge in [0.15, 0.2) is 0 Å². The molecule has 5 heteroatoms. The van der Waals surface area contributed by atoms with Gasteiger partial charge in [-0.15, -0.1) is 0 Å². The molecule has 1 atom stereocenters. The predicted octanol–water partition coefficient (Wildman–Crippen LogP) is 2.00. The molecule has 1 amide bonds. The van der Waals surface area contributed by atoms with Gasteiger partial charge in [-0.1, -0.05) is 30.3 Å². The van der Waals surface area contributed by atoms with E-state index in [9.17, 15) is 4.79 Å². The Balaban J connectivity index is 2.02. The van der Waals surface area contributed by atoms with Crippen LogP contribution in [0.2, 0.25) is 0 Å². The molecule has 1 aromatic carbocycles. The maximum atomic E-state index is 12.3. The topological polar surface area (TPSA) is 50.2 Å². The number of nitrogens with one attached hydrogen (secondary N) is 1. The summed E-state index contributed by atoms with van der Waals surface area (Å²) in [6.45, 7) is 3.12. The van der Waals surface area contributed by atoms with Crippen LogP contribution in [0.4, 0.5) is 0 Å². The first-order chi connectivity index (χ1) is 10.6. The number of nitrogens with zero attached hydrogens (tertiary/aromatic N) is 3. The summed E-state index contributed by atoms with van der Waals surface area (Å²) in [5, 5.41) is 3.14. The van der Waals surface area contributed by atoms with Crippen LogP contribution >= 0.6 is 0 Å². The Morgan fingerprint density at radius 3 is 2.64 bits per heavy atom. The van der Waals surface area contributed by atoms with Crippen LogP contribution in [0.3, 0.4) is 0 Å². The number of hydrogen-bond acceptors (Lipinski definition) is 3. The van der Waals surface area contributed by atoms with Crippen molar-refractivity contribution < 1.29 is 4.79 Å². The molecule has 5 nitrogen and oxygen atoms in total. The van der Waals surface area contributed by atoms with E-state index in [1.807, 2.05) is 50.0 Å². The van der Waals surface area contributed by atoms with Crippen molar-refractivity contribution in [2.24, 2.45) is 0 Å². The average molecular weight is 300 g/mol. The molecule has 0 radical (unpaired) electrons. The number of carbonyl (C=O) groups is 1. The highest BCUT2D eigenvalue weighted by Gasteiger charge is 2.15. The second-order valence-corrected chi connectivity index (χ2v) is 5.73. The van der Waals surface area contributed by atoms with Gasteiger partial charge in [-0.3, -0.25) is 4.79 Å². The lowest BCUT2D eigenvalue weighted by Gasteiger charge is -2.21. The lowest BCUT2D eigenvalue weighted by molar-refractivity contribution is -0.122. The minimum absolute atomic E-state index is 0.00806. The van der Waals surface area contributed by atoms with Crippen LogP contribution in [-0.4, -0.2) is 41.0 Å². The number of hydrogen-bond donors (Lipinski definition) is 1. The van der Waals surface area contributed by atoms with Gasteiger partial charge in [-0.05, 0) is 39.5 Å². The molecule has 0 aliphatic rings. The van der Waals surface area contributed by atoms with Gasteiger partial charge in [0.2, 0.25) is 5.91 Å². The zero-order valence-electron chi connectivity index (χ0n) is 13.5. The number of aryl methyl sites for hydroxylation is 1. The van der Waals surface area contributed by atoms with Gasteiger partial charge < -0.3 is 14.8 Å². The number of rotatable bonds is 7. The molecule has 1 aromatic heterocycles. The number of amides is 1. The second kappa shape index (κ2) is 7.75. The SMILES string of the molecule is Cc1nccn1CC(=O)NC(CCN(C)C)c1ccccc1. The van der Waals surface area contributed by atoms with Crippen LogP contribution in [0.5, 0.6) is 0 Å². The van der Waals surface area contributed by atoms with E-state index in [-0.39, 0.29) is 11.9 Å². The standard InChI is InChI=1S/C17H24N4O/c1-14-18-10-12-21(14)13-17(22)19-16(9-11-20(2)3)15-7-5-4-6-8-15/h4-8,10,12,16H,9,11,13H2,1-3H3,(H,19,22). The van der Waals surface area contributed by atoms with Crippen molar-refractivity contribution in [2.45, 2.75) is 25.9 Å². The van der Waals surface area contributed by atoms with Gasteiger partial charge in [0.1, 0.15) is 12.4 Å². The molecule has 0 aliphatic carbocycles. The Morgan fingerprint density at radius 1 is 1.32 bits per heavy atom. The molecule has 2 aromatic rings. The van der Waals surface area contributed by atoms with Crippen molar-refractivity contribution in [3.63, 3.8) is 0 Å². The van der Waals surface area contributed by atoms with E-state index in [4.69, 9.17) is 0 Å². The van der Waals surface area contributed by atoms with Crippen molar-refractivity contribution in [1.82, 2.24) is 19.8 Å². The highest BCUT2D eigenvalue weighted by atomic mass is 16.2. The van der Waals surface area contributed by atoms with E-state index in [1.165, 1.54) is 0 Å². The molecule has 118 valence electrons. The molecule has 1 heterocycles.